The molecule has 26 heavy (non-hydrogen) atoms. The summed E-state index contributed by atoms with van der Waals surface area (Å²) in [5.74, 6) is 0.291. The van der Waals surface area contributed by atoms with Crippen LogP contribution in [0.4, 0.5) is 0 Å². The van der Waals surface area contributed by atoms with Crippen molar-refractivity contribution in [2.45, 2.75) is 63.5 Å². The maximum absolute atomic E-state index is 13.0. The van der Waals surface area contributed by atoms with Gasteiger partial charge in [0.1, 0.15) is 6.04 Å². The lowest BCUT2D eigenvalue weighted by Gasteiger charge is -2.40. The summed E-state index contributed by atoms with van der Waals surface area (Å²) in [6.45, 7) is 1.90. The molecule has 2 saturated heterocycles. The van der Waals surface area contributed by atoms with Gasteiger partial charge in [0.05, 0.1) is 5.75 Å². The largest absolute Gasteiger partial charge is 0.339 e. The smallest absolute Gasteiger partial charge is 0.255 e. The molecule has 0 aromatic rings. The second-order valence-corrected chi connectivity index (χ2v) is 10.2. The lowest BCUT2D eigenvalue weighted by Crippen LogP contribution is -2.59. The second kappa shape index (κ2) is 7.11. The lowest BCUT2D eigenvalue weighted by atomic mass is 9.86. The Morgan fingerprint density at radius 2 is 1.73 bits per heavy atom. The molecule has 0 bridgehead atoms. The van der Waals surface area contributed by atoms with E-state index in [9.17, 15) is 18.0 Å². The minimum atomic E-state index is -3.53. The summed E-state index contributed by atoms with van der Waals surface area (Å²) < 4.78 is 26.2. The van der Waals surface area contributed by atoms with Crippen molar-refractivity contribution >= 4 is 21.8 Å². The lowest BCUT2D eigenvalue weighted by molar-refractivity contribution is -0.141. The Hall–Kier alpha value is -1.15. The van der Waals surface area contributed by atoms with E-state index in [0.717, 1.165) is 30.0 Å². The van der Waals surface area contributed by atoms with Crippen LogP contribution in [0, 0.1) is 5.92 Å². The molecule has 1 unspecified atom stereocenters. The van der Waals surface area contributed by atoms with E-state index in [1.807, 2.05) is 4.90 Å². The summed E-state index contributed by atoms with van der Waals surface area (Å²) in [6.07, 6.45) is 8.05. The van der Waals surface area contributed by atoms with Crippen molar-refractivity contribution in [1.29, 1.82) is 0 Å². The molecule has 2 aliphatic heterocycles. The molecule has 0 N–H and O–H groups in total. The summed E-state index contributed by atoms with van der Waals surface area (Å²) in [5, 5.41) is 0. The van der Waals surface area contributed by atoms with Crippen LogP contribution < -0.4 is 0 Å². The van der Waals surface area contributed by atoms with Crippen LogP contribution in [0.3, 0.4) is 0 Å². The van der Waals surface area contributed by atoms with E-state index in [0.29, 0.717) is 38.5 Å². The molecule has 1 atom stereocenters. The quantitative estimate of drug-likeness (QED) is 0.721. The average Bonchev–Trinajstić information content (AvgIpc) is 3.45. The van der Waals surface area contributed by atoms with E-state index in [-0.39, 0.29) is 23.6 Å². The predicted molar refractivity (Wildman–Crippen MR) is 96.8 cm³/mol. The van der Waals surface area contributed by atoms with Crippen molar-refractivity contribution in [1.82, 2.24) is 14.1 Å². The maximum atomic E-state index is 13.0. The van der Waals surface area contributed by atoms with E-state index in [1.165, 1.54) is 19.3 Å². The van der Waals surface area contributed by atoms with Gasteiger partial charge in [-0.1, -0.05) is 19.3 Å². The Kier molecular flexibility index (Phi) is 4.98. The monoisotopic (exact) mass is 383 g/mol. The van der Waals surface area contributed by atoms with Gasteiger partial charge in [-0.2, -0.15) is 0 Å². The van der Waals surface area contributed by atoms with Gasteiger partial charge < -0.3 is 4.90 Å². The van der Waals surface area contributed by atoms with Gasteiger partial charge in [-0.3, -0.25) is 14.5 Å². The Balaban J connectivity index is 1.45. The fourth-order valence-electron chi connectivity index (χ4n) is 4.65. The van der Waals surface area contributed by atoms with Crippen molar-refractivity contribution in [3.05, 3.63) is 0 Å². The summed E-state index contributed by atoms with van der Waals surface area (Å²) in [4.78, 5) is 29.5. The normalized spacial score (nSPS) is 30.8. The number of amides is 2. The first-order valence-corrected chi connectivity index (χ1v) is 11.6. The topological polar surface area (TPSA) is 78.0 Å². The van der Waals surface area contributed by atoms with Crippen LogP contribution in [0.1, 0.15) is 51.4 Å². The molecule has 8 heteroatoms. The van der Waals surface area contributed by atoms with Gasteiger partial charge in [0, 0.05) is 38.6 Å². The number of fused-ring (bicyclic) bond motifs is 1. The summed E-state index contributed by atoms with van der Waals surface area (Å²) in [7, 11) is -3.53. The first-order valence-electron chi connectivity index (χ1n) is 10.0. The SMILES string of the molecule is O=C(CC1CCCCC1)N1CCN2CCS(=O)(=O)N(C3CC3)C(=O)C2C1. The highest BCUT2D eigenvalue weighted by Gasteiger charge is 2.48. The fourth-order valence-corrected chi connectivity index (χ4v) is 6.37. The molecule has 4 fully saturated rings. The number of carbonyl (C=O) groups excluding carboxylic acids is 2. The van der Waals surface area contributed by atoms with Crippen molar-refractivity contribution in [2.24, 2.45) is 5.92 Å². The Morgan fingerprint density at radius 1 is 1.00 bits per heavy atom. The first-order chi connectivity index (χ1) is 12.5. The molecule has 2 saturated carbocycles. The highest BCUT2D eigenvalue weighted by Crippen LogP contribution is 2.33. The van der Waals surface area contributed by atoms with Crippen LogP contribution in [0.25, 0.3) is 0 Å². The molecule has 146 valence electrons. The van der Waals surface area contributed by atoms with E-state index in [2.05, 4.69) is 0 Å². The van der Waals surface area contributed by atoms with E-state index in [1.54, 1.807) is 4.90 Å². The molecule has 4 rings (SSSR count). The fraction of sp³-hybridized carbons (Fsp3) is 0.889. The molecular weight excluding hydrogens is 354 g/mol. The third-order valence-electron chi connectivity index (χ3n) is 6.35. The third-order valence-corrected chi connectivity index (χ3v) is 8.12. The highest BCUT2D eigenvalue weighted by atomic mass is 32.2. The van der Waals surface area contributed by atoms with E-state index < -0.39 is 16.1 Å². The Morgan fingerprint density at radius 3 is 2.42 bits per heavy atom. The summed E-state index contributed by atoms with van der Waals surface area (Å²) in [6, 6.07) is -0.655. The maximum Gasteiger partial charge on any atom is 0.255 e. The summed E-state index contributed by atoms with van der Waals surface area (Å²) in [5.41, 5.74) is 0. The van der Waals surface area contributed by atoms with Gasteiger partial charge >= 0.3 is 0 Å². The van der Waals surface area contributed by atoms with Crippen molar-refractivity contribution < 1.29 is 18.0 Å². The minimum absolute atomic E-state index is 0.00175. The molecule has 0 aromatic carbocycles. The zero-order valence-electron chi connectivity index (χ0n) is 15.3. The highest BCUT2D eigenvalue weighted by molar-refractivity contribution is 7.89. The standard InChI is InChI=1S/C18H29N3O4S/c22-17(12-14-4-2-1-3-5-14)20-9-8-19-10-11-26(24,25)21(15-6-7-15)18(23)16(19)13-20/h14-16H,1-13H2. The zero-order valence-corrected chi connectivity index (χ0v) is 16.1. The van der Waals surface area contributed by atoms with Gasteiger partial charge in [-0.25, -0.2) is 12.7 Å². The number of rotatable bonds is 3. The van der Waals surface area contributed by atoms with Crippen LogP contribution in [-0.4, -0.2) is 78.4 Å². The van der Waals surface area contributed by atoms with Crippen LogP contribution in [0.5, 0.6) is 0 Å². The number of carbonyl (C=O) groups is 2. The molecule has 0 radical (unpaired) electrons. The van der Waals surface area contributed by atoms with Crippen molar-refractivity contribution in [2.75, 3.05) is 31.9 Å². The number of hydrogen-bond donors (Lipinski definition) is 0. The first kappa shape index (κ1) is 18.2. The van der Waals surface area contributed by atoms with Crippen molar-refractivity contribution in [3.8, 4) is 0 Å². The molecular formula is C18H29N3O4S. The second-order valence-electron chi connectivity index (χ2n) is 8.28. The van der Waals surface area contributed by atoms with Gasteiger partial charge in [0.25, 0.3) is 5.91 Å². The molecule has 2 heterocycles. The molecule has 7 nitrogen and oxygen atoms in total. The average molecular weight is 384 g/mol. The van der Waals surface area contributed by atoms with Crippen LogP contribution in [0.2, 0.25) is 0 Å². The number of sulfonamides is 1. The van der Waals surface area contributed by atoms with E-state index >= 15 is 0 Å². The van der Waals surface area contributed by atoms with E-state index in [4.69, 9.17) is 0 Å². The van der Waals surface area contributed by atoms with Gasteiger partial charge in [-0.15, -0.1) is 0 Å². The molecule has 4 aliphatic rings. The van der Waals surface area contributed by atoms with Crippen molar-refractivity contribution in [3.63, 3.8) is 0 Å². The van der Waals surface area contributed by atoms with Gasteiger partial charge in [0.2, 0.25) is 15.9 Å². The molecule has 0 spiro atoms. The number of hydrogen-bond acceptors (Lipinski definition) is 5. The van der Waals surface area contributed by atoms with Gasteiger partial charge in [0.15, 0.2) is 0 Å². The van der Waals surface area contributed by atoms with Gasteiger partial charge in [-0.05, 0) is 31.6 Å². The summed E-state index contributed by atoms with van der Waals surface area (Å²) >= 11 is 0. The minimum Gasteiger partial charge on any atom is -0.339 e. The van der Waals surface area contributed by atoms with Crippen LogP contribution in [0.15, 0.2) is 0 Å². The third kappa shape index (κ3) is 3.63. The Labute approximate surface area is 155 Å². The number of piperazine rings is 1. The molecule has 2 aliphatic carbocycles. The number of nitrogens with zero attached hydrogens (tertiary/aromatic N) is 3. The predicted octanol–water partition coefficient (Wildman–Crippen LogP) is 0.804. The Bertz CT molecular complexity index is 670. The van der Waals surface area contributed by atoms with Crippen LogP contribution >= 0.6 is 0 Å². The molecule has 0 aromatic heterocycles. The molecule has 2 amide bonds. The van der Waals surface area contributed by atoms with Crippen LogP contribution in [-0.2, 0) is 19.6 Å². The zero-order chi connectivity index (χ0) is 18.3.